The van der Waals surface area contributed by atoms with E-state index in [1.807, 2.05) is 26.0 Å². The van der Waals surface area contributed by atoms with Crippen molar-refractivity contribution in [1.82, 2.24) is 9.97 Å². The lowest BCUT2D eigenvalue weighted by molar-refractivity contribution is 0.623. The maximum atomic E-state index is 13.2. The molecule has 4 nitrogen and oxygen atoms in total. The third-order valence-electron chi connectivity index (χ3n) is 2.74. The number of hydrogen-bond donors (Lipinski definition) is 2. The molecule has 2 N–H and O–H groups in total. The average molecular weight is 260 g/mol. The highest BCUT2D eigenvalue weighted by molar-refractivity contribution is 5.47. The number of nitrogens with zero attached hydrogens (tertiary/aromatic N) is 2. The Kier molecular flexibility index (Phi) is 4.28. The molecule has 1 unspecified atom stereocenters. The quantitative estimate of drug-likeness (QED) is 0.866. The zero-order chi connectivity index (χ0) is 13.7. The molecule has 19 heavy (non-hydrogen) atoms. The van der Waals surface area contributed by atoms with Crippen LogP contribution in [-0.2, 0) is 0 Å². The first-order valence-corrected chi connectivity index (χ1v) is 6.27. The van der Waals surface area contributed by atoms with E-state index in [1.165, 1.54) is 18.5 Å². The third-order valence-corrected chi connectivity index (χ3v) is 2.74. The van der Waals surface area contributed by atoms with Crippen molar-refractivity contribution in [3.8, 4) is 0 Å². The summed E-state index contributed by atoms with van der Waals surface area (Å²) in [4.78, 5) is 8.25. The van der Waals surface area contributed by atoms with Crippen molar-refractivity contribution in [2.24, 2.45) is 0 Å². The molecule has 0 aliphatic heterocycles. The topological polar surface area (TPSA) is 49.8 Å². The monoisotopic (exact) mass is 260 g/mol. The minimum Gasteiger partial charge on any atom is -0.370 e. The number of rotatable bonds is 5. The summed E-state index contributed by atoms with van der Waals surface area (Å²) in [6.07, 6.45) is 1.50. The zero-order valence-corrected chi connectivity index (χ0v) is 11.0. The molecule has 0 saturated heterocycles. The molecule has 2 aromatic rings. The Balaban J connectivity index is 2.10. The third kappa shape index (κ3) is 3.64. The van der Waals surface area contributed by atoms with Gasteiger partial charge in [0, 0.05) is 12.6 Å². The van der Waals surface area contributed by atoms with Gasteiger partial charge in [-0.2, -0.15) is 0 Å². The highest BCUT2D eigenvalue weighted by Crippen LogP contribution is 2.19. The number of aromatic nitrogens is 2. The Hall–Kier alpha value is -2.17. The highest BCUT2D eigenvalue weighted by Gasteiger charge is 2.07. The molecule has 0 aliphatic carbocycles. The van der Waals surface area contributed by atoms with Gasteiger partial charge in [0.15, 0.2) is 0 Å². The Bertz CT molecular complexity index is 544. The molecule has 100 valence electrons. The van der Waals surface area contributed by atoms with E-state index in [9.17, 15) is 4.39 Å². The van der Waals surface area contributed by atoms with Gasteiger partial charge >= 0.3 is 0 Å². The Morgan fingerprint density at radius 3 is 2.74 bits per heavy atom. The van der Waals surface area contributed by atoms with Crippen LogP contribution >= 0.6 is 0 Å². The molecule has 0 radical (unpaired) electrons. The van der Waals surface area contributed by atoms with Crippen LogP contribution in [0.3, 0.4) is 0 Å². The van der Waals surface area contributed by atoms with Crippen LogP contribution in [0.5, 0.6) is 0 Å². The van der Waals surface area contributed by atoms with Gasteiger partial charge in [-0.25, -0.2) is 14.4 Å². The minimum atomic E-state index is -0.234. The fourth-order valence-corrected chi connectivity index (χ4v) is 1.80. The molecule has 0 amide bonds. The average Bonchev–Trinajstić information content (AvgIpc) is 2.39. The first-order valence-electron chi connectivity index (χ1n) is 6.27. The van der Waals surface area contributed by atoms with Crippen LogP contribution in [0.25, 0.3) is 0 Å². The van der Waals surface area contributed by atoms with Crippen molar-refractivity contribution < 1.29 is 4.39 Å². The summed E-state index contributed by atoms with van der Waals surface area (Å²) in [5.74, 6) is 1.25. The Labute approximate surface area is 112 Å². The van der Waals surface area contributed by atoms with Gasteiger partial charge in [-0.3, -0.25) is 0 Å². The molecular weight excluding hydrogens is 243 g/mol. The van der Waals surface area contributed by atoms with Crippen molar-refractivity contribution in [1.29, 1.82) is 0 Å². The van der Waals surface area contributed by atoms with Gasteiger partial charge in [0.25, 0.3) is 0 Å². The molecule has 0 fully saturated rings. The molecule has 0 spiro atoms. The van der Waals surface area contributed by atoms with Crippen molar-refractivity contribution in [3.63, 3.8) is 0 Å². The maximum absolute atomic E-state index is 13.2. The summed E-state index contributed by atoms with van der Waals surface area (Å²) in [5.41, 5.74) is 0.878. The maximum Gasteiger partial charge on any atom is 0.131 e. The molecule has 0 aliphatic rings. The van der Waals surface area contributed by atoms with Gasteiger partial charge in [0.1, 0.15) is 23.8 Å². The van der Waals surface area contributed by atoms with E-state index in [0.717, 1.165) is 17.9 Å². The summed E-state index contributed by atoms with van der Waals surface area (Å²) < 4.78 is 13.2. The van der Waals surface area contributed by atoms with Crippen LogP contribution < -0.4 is 10.6 Å². The number of anilines is 2. The fourth-order valence-electron chi connectivity index (χ4n) is 1.80. The van der Waals surface area contributed by atoms with E-state index in [1.54, 1.807) is 6.07 Å². The SMILES string of the molecule is CCNc1cc(NC(C)c2cccc(F)c2)ncn1. The van der Waals surface area contributed by atoms with Crippen LogP contribution in [0.15, 0.2) is 36.7 Å². The van der Waals surface area contributed by atoms with E-state index in [2.05, 4.69) is 20.6 Å². The summed E-state index contributed by atoms with van der Waals surface area (Å²) in [7, 11) is 0. The highest BCUT2D eigenvalue weighted by atomic mass is 19.1. The first-order chi connectivity index (χ1) is 9.19. The van der Waals surface area contributed by atoms with E-state index < -0.39 is 0 Å². The number of nitrogens with one attached hydrogen (secondary N) is 2. The lowest BCUT2D eigenvalue weighted by Gasteiger charge is -2.15. The molecule has 1 atom stereocenters. The largest absolute Gasteiger partial charge is 0.370 e. The molecule has 1 aromatic carbocycles. The van der Waals surface area contributed by atoms with Gasteiger partial charge in [-0.1, -0.05) is 12.1 Å². The number of benzene rings is 1. The second-order valence-electron chi connectivity index (χ2n) is 4.24. The van der Waals surface area contributed by atoms with Crippen molar-refractivity contribution in [2.75, 3.05) is 17.2 Å². The van der Waals surface area contributed by atoms with E-state index in [0.29, 0.717) is 5.82 Å². The van der Waals surface area contributed by atoms with Crippen LogP contribution in [0.1, 0.15) is 25.5 Å². The van der Waals surface area contributed by atoms with E-state index in [-0.39, 0.29) is 11.9 Å². The molecular formula is C14H17FN4. The lowest BCUT2D eigenvalue weighted by atomic mass is 10.1. The van der Waals surface area contributed by atoms with Crippen molar-refractivity contribution in [3.05, 3.63) is 48.0 Å². The van der Waals surface area contributed by atoms with Crippen LogP contribution in [0, 0.1) is 5.82 Å². The van der Waals surface area contributed by atoms with Gasteiger partial charge < -0.3 is 10.6 Å². The first kappa shape index (κ1) is 13.3. The standard InChI is InChI=1S/C14H17FN4/c1-3-16-13-8-14(18-9-17-13)19-10(2)11-5-4-6-12(15)7-11/h4-10H,3H2,1-2H3,(H2,16,17,18,19). The predicted molar refractivity (Wildman–Crippen MR) is 74.6 cm³/mol. The molecule has 1 heterocycles. The van der Waals surface area contributed by atoms with Gasteiger partial charge in [-0.05, 0) is 31.5 Å². The van der Waals surface area contributed by atoms with Crippen LogP contribution in [-0.4, -0.2) is 16.5 Å². The van der Waals surface area contributed by atoms with Gasteiger partial charge in [0.2, 0.25) is 0 Å². The fraction of sp³-hybridized carbons (Fsp3) is 0.286. The van der Waals surface area contributed by atoms with Gasteiger partial charge in [-0.15, -0.1) is 0 Å². The molecule has 0 saturated carbocycles. The summed E-state index contributed by atoms with van der Waals surface area (Å²) in [6.45, 7) is 4.77. The Morgan fingerprint density at radius 1 is 1.21 bits per heavy atom. The summed E-state index contributed by atoms with van der Waals surface area (Å²) >= 11 is 0. The van der Waals surface area contributed by atoms with Crippen LogP contribution in [0.4, 0.5) is 16.0 Å². The normalized spacial score (nSPS) is 11.9. The zero-order valence-electron chi connectivity index (χ0n) is 11.0. The summed E-state index contributed by atoms with van der Waals surface area (Å²) in [6, 6.07) is 8.34. The molecule has 5 heteroatoms. The second-order valence-corrected chi connectivity index (χ2v) is 4.24. The minimum absolute atomic E-state index is 0.0277. The van der Waals surface area contributed by atoms with Crippen molar-refractivity contribution >= 4 is 11.6 Å². The lowest BCUT2D eigenvalue weighted by Crippen LogP contribution is -2.09. The predicted octanol–water partition coefficient (Wildman–Crippen LogP) is 3.22. The molecule has 0 bridgehead atoms. The van der Waals surface area contributed by atoms with Crippen LogP contribution in [0.2, 0.25) is 0 Å². The summed E-state index contributed by atoms with van der Waals surface area (Å²) in [5, 5.41) is 6.35. The number of hydrogen-bond acceptors (Lipinski definition) is 4. The second kappa shape index (κ2) is 6.13. The molecule has 1 aromatic heterocycles. The Morgan fingerprint density at radius 2 is 2.00 bits per heavy atom. The van der Waals surface area contributed by atoms with E-state index >= 15 is 0 Å². The van der Waals surface area contributed by atoms with E-state index in [4.69, 9.17) is 0 Å². The molecule has 2 rings (SSSR count). The van der Waals surface area contributed by atoms with Crippen molar-refractivity contribution in [2.45, 2.75) is 19.9 Å². The number of halogens is 1. The van der Waals surface area contributed by atoms with Gasteiger partial charge in [0.05, 0.1) is 6.04 Å². The smallest absolute Gasteiger partial charge is 0.131 e.